The summed E-state index contributed by atoms with van der Waals surface area (Å²) in [5.74, 6) is 0.578. The quantitative estimate of drug-likeness (QED) is 0.518. The SMILES string of the molecule is CNC(=O)c1ccc(C[NH+](C)CC(=O)c2cc(C)n(-c3ncn[nH]3)c2C)cc1. The molecule has 1 amide bonds. The van der Waals surface area contributed by atoms with Gasteiger partial charge in [-0.1, -0.05) is 12.1 Å². The average Bonchev–Trinajstić information content (AvgIpc) is 3.29. The van der Waals surface area contributed by atoms with E-state index in [-0.39, 0.29) is 11.7 Å². The van der Waals surface area contributed by atoms with Crippen LogP contribution in [0.15, 0.2) is 36.7 Å². The number of amides is 1. The Hall–Kier alpha value is -3.26. The summed E-state index contributed by atoms with van der Waals surface area (Å²) in [6.07, 6.45) is 1.45. The number of quaternary nitrogens is 1. The third-order valence-electron chi connectivity index (χ3n) is 4.76. The first kappa shape index (κ1) is 19.5. The van der Waals surface area contributed by atoms with Gasteiger partial charge in [0.1, 0.15) is 19.4 Å². The first-order valence-corrected chi connectivity index (χ1v) is 9.11. The zero-order valence-corrected chi connectivity index (χ0v) is 16.5. The lowest BCUT2D eigenvalue weighted by molar-refractivity contribution is -0.884. The van der Waals surface area contributed by atoms with E-state index in [4.69, 9.17) is 0 Å². The van der Waals surface area contributed by atoms with Gasteiger partial charge >= 0.3 is 0 Å². The minimum absolute atomic E-state index is 0.0818. The van der Waals surface area contributed by atoms with Crippen LogP contribution in [0.4, 0.5) is 0 Å². The molecule has 2 aromatic heterocycles. The van der Waals surface area contributed by atoms with E-state index in [1.54, 1.807) is 19.2 Å². The number of ketones is 1. The number of Topliss-reactive ketones (excluding diaryl/α,β-unsaturated/α-hetero) is 1. The summed E-state index contributed by atoms with van der Waals surface area (Å²) in [5.41, 5.74) is 4.18. The number of nitrogens with zero attached hydrogens (tertiary/aromatic N) is 3. The maximum atomic E-state index is 12.9. The molecular weight excluding hydrogens is 356 g/mol. The maximum Gasteiger partial charge on any atom is 0.251 e. The molecule has 0 saturated heterocycles. The van der Waals surface area contributed by atoms with Gasteiger partial charge in [-0.05, 0) is 32.0 Å². The molecule has 8 nitrogen and oxygen atoms in total. The van der Waals surface area contributed by atoms with Crippen LogP contribution in [0.1, 0.15) is 37.7 Å². The minimum atomic E-state index is -0.107. The fourth-order valence-corrected chi connectivity index (χ4v) is 3.38. The van der Waals surface area contributed by atoms with Crippen LogP contribution < -0.4 is 10.2 Å². The second kappa shape index (κ2) is 8.18. The van der Waals surface area contributed by atoms with E-state index in [1.165, 1.54) is 6.33 Å². The van der Waals surface area contributed by atoms with Gasteiger partial charge in [0.05, 0.1) is 7.05 Å². The number of nitrogens with one attached hydrogen (secondary N) is 3. The van der Waals surface area contributed by atoms with Crippen molar-refractivity contribution < 1.29 is 14.5 Å². The largest absolute Gasteiger partial charge is 0.355 e. The number of hydrogen-bond donors (Lipinski definition) is 3. The Bertz CT molecular complexity index is 973. The Balaban J connectivity index is 1.68. The molecule has 28 heavy (non-hydrogen) atoms. The van der Waals surface area contributed by atoms with Crippen LogP contribution in [0, 0.1) is 13.8 Å². The number of aromatic amines is 1. The highest BCUT2D eigenvalue weighted by molar-refractivity contribution is 5.98. The molecule has 0 bridgehead atoms. The van der Waals surface area contributed by atoms with Crippen LogP contribution in [0.25, 0.3) is 5.95 Å². The molecule has 0 aliphatic rings. The van der Waals surface area contributed by atoms with Crippen LogP contribution in [-0.4, -0.2) is 52.1 Å². The highest BCUT2D eigenvalue weighted by atomic mass is 16.1. The highest BCUT2D eigenvalue weighted by Crippen LogP contribution is 2.18. The van der Waals surface area contributed by atoms with Gasteiger partial charge in [-0.25, -0.2) is 5.10 Å². The Morgan fingerprint density at radius 2 is 1.93 bits per heavy atom. The number of carbonyl (C=O) groups excluding carboxylic acids is 2. The van der Waals surface area contributed by atoms with E-state index in [2.05, 4.69) is 20.5 Å². The van der Waals surface area contributed by atoms with Crippen molar-refractivity contribution in [3.05, 3.63) is 64.7 Å². The van der Waals surface area contributed by atoms with Crippen molar-refractivity contribution in [2.24, 2.45) is 0 Å². The molecule has 0 radical (unpaired) electrons. The summed E-state index contributed by atoms with van der Waals surface area (Å²) in [6.45, 7) is 4.92. The molecule has 0 saturated carbocycles. The third kappa shape index (κ3) is 4.01. The molecule has 0 spiro atoms. The van der Waals surface area contributed by atoms with Crippen molar-refractivity contribution in [3.63, 3.8) is 0 Å². The molecule has 3 rings (SSSR count). The lowest BCUT2D eigenvalue weighted by Crippen LogP contribution is -3.08. The van der Waals surface area contributed by atoms with Crippen molar-refractivity contribution in [2.45, 2.75) is 20.4 Å². The van der Waals surface area contributed by atoms with E-state index < -0.39 is 0 Å². The van der Waals surface area contributed by atoms with E-state index in [1.807, 2.05) is 43.7 Å². The van der Waals surface area contributed by atoms with Gasteiger partial charge in [-0.2, -0.15) is 10.1 Å². The molecule has 0 aliphatic heterocycles. The normalized spacial score (nSPS) is 12.0. The van der Waals surface area contributed by atoms with Crippen LogP contribution in [-0.2, 0) is 6.54 Å². The monoisotopic (exact) mass is 381 g/mol. The molecule has 3 N–H and O–H groups in total. The predicted octanol–water partition coefficient (Wildman–Crippen LogP) is 0.469. The van der Waals surface area contributed by atoms with Gasteiger partial charge in [0.25, 0.3) is 5.91 Å². The second-order valence-electron chi connectivity index (χ2n) is 6.94. The Kier molecular flexibility index (Phi) is 5.70. The Morgan fingerprint density at radius 3 is 2.54 bits per heavy atom. The molecule has 0 fully saturated rings. The summed E-state index contributed by atoms with van der Waals surface area (Å²) >= 11 is 0. The van der Waals surface area contributed by atoms with Crippen LogP contribution in [0.3, 0.4) is 0 Å². The molecule has 3 aromatic rings. The average molecular weight is 381 g/mol. The zero-order chi connectivity index (χ0) is 20.3. The van der Waals surface area contributed by atoms with Crippen molar-refractivity contribution in [3.8, 4) is 5.95 Å². The zero-order valence-electron chi connectivity index (χ0n) is 16.5. The highest BCUT2D eigenvalue weighted by Gasteiger charge is 2.20. The number of benzene rings is 1. The summed E-state index contributed by atoms with van der Waals surface area (Å²) in [7, 11) is 3.60. The first-order chi connectivity index (χ1) is 13.4. The topological polar surface area (TPSA) is 97.1 Å². The second-order valence-corrected chi connectivity index (χ2v) is 6.94. The number of rotatable bonds is 7. The van der Waals surface area contributed by atoms with Crippen molar-refractivity contribution in [1.29, 1.82) is 0 Å². The number of hydrogen-bond acceptors (Lipinski definition) is 4. The Morgan fingerprint density at radius 1 is 1.21 bits per heavy atom. The van der Waals surface area contributed by atoms with Gasteiger partial charge in [0.15, 0.2) is 0 Å². The van der Waals surface area contributed by atoms with Crippen molar-refractivity contribution >= 4 is 11.7 Å². The van der Waals surface area contributed by atoms with E-state index in [0.29, 0.717) is 30.2 Å². The summed E-state index contributed by atoms with van der Waals surface area (Å²) in [5, 5.41) is 9.32. The molecule has 1 atom stereocenters. The minimum Gasteiger partial charge on any atom is -0.355 e. The molecule has 2 heterocycles. The summed E-state index contributed by atoms with van der Waals surface area (Å²) < 4.78 is 1.90. The Labute approximate surface area is 163 Å². The lowest BCUT2D eigenvalue weighted by Gasteiger charge is -2.13. The smallest absolute Gasteiger partial charge is 0.251 e. The van der Waals surface area contributed by atoms with Crippen LogP contribution in [0.2, 0.25) is 0 Å². The molecule has 146 valence electrons. The fraction of sp³-hybridized carbons (Fsp3) is 0.300. The van der Waals surface area contributed by atoms with Crippen LogP contribution >= 0.6 is 0 Å². The summed E-state index contributed by atoms with van der Waals surface area (Å²) in [4.78, 5) is 29.7. The lowest BCUT2D eigenvalue weighted by atomic mass is 10.1. The van der Waals surface area contributed by atoms with Gasteiger partial charge in [-0.3, -0.25) is 14.2 Å². The van der Waals surface area contributed by atoms with E-state index in [0.717, 1.165) is 21.9 Å². The molecule has 1 aromatic carbocycles. The number of likely N-dealkylation sites (N-methyl/N-ethyl adjacent to an activating group) is 1. The van der Waals surface area contributed by atoms with Gasteiger partial charge in [0.2, 0.25) is 11.7 Å². The molecular formula is C20H25N6O2+. The molecule has 0 aliphatic carbocycles. The van der Waals surface area contributed by atoms with Gasteiger partial charge in [0, 0.05) is 35.1 Å². The number of aromatic nitrogens is 4. The van der Waals surface area contributed by atoms with E-state index >= 15 is 0 Å². The molecule has 1 unspecified atom stereocenters. The fourth-order valence-electron chi connectivity index (χ4n) is 3.38. The van der Waals surface area contributed by atoms with E-state index in [9.17, 15) is 9.59 Å². The third-order valence-corrected chi connectivity index (χ3v) is 4.76. The summed E-state index contributed by atoms with van der Waals surface area (Å²) in [6, 6.07) is 9.34. The van der Waals surface area contributed by atoms with Gasteiger partial charge < -0.3 is 10.2 Å². The van der Waals surface area contributed by atoms with Crippen molar-refractivity contribution in [1.82, 2.24) is 25.1 Å². The first-order valence-electron chi connectivity index (χ1n) is 9.11. The molecule has 8 heteroatoms. The number of carbonyl (C=O) groups is 2. The number of aryl methyl sites for hydroxylation is 1. The predicted molar refractivity (Wildman–Crippen MR) is 105 cm³/mol. The van der Waals surface area contributed by atoms with Gasteiger partial charge in [-0.15, -0.1) is 0 Å². The van der Waals surface area contributed by atoms with Crippen LogP contribution in [0.5, 0.6) is 0 Å². The maximum absolute atomic E-state index is 12.9. The standard InChI is InChI=1S/C20H24N6O2/c1-13-9-17(14(2)26(13)20-22-12-23-24-20)18(27)11-25(4)10-15-5-7-16(8-6-15)19(28)21-3/h5-9,12H,10-11H2,1-4H3,(H,21,28)(H,22,23,24)/p+1. The van der Waals surface area contributed by atoms with Crippen molar-refractivity contribution in [2.75, 3.05) is 20.6 Å². The number of H-pyrrole nitrogens is 1.